The van der Waals surface area contributed by atoms with Crippen molar-refractivity contribution in [3.05, 3.63) is 58.9 Å². The molecule has 3 aromatic rings. The lowest BCUT2D eigenvalue weighted by Crippen LogP contribution is -2.44. The van der Waals surface area contributed by atoms with Gasteiger partial charge in [-0.3, -0.25) is 9.69 Å². The van der Waals surface area contributed by atoms with Crippen LogP contribution in [-0.4, -0.2) is 46.5 Å². The number of likely N-dealkylation sites (tertiary alicyclic amines) is 1. The molecule has 1 saturated heterocycles. The SMILES string of the molecule is CNC(=O)c1cnc2[nH]ccc2c1N[C@H]1CCN(Cc2ccc(Cl)cc2)[C@@H](C)C1. The summed E-state index contributed by atoms with van der Waals surface area (Å²) in [5.74, 6) is -0.128. The molecule has 6 nitrogen and oxygen atoms in total. The number of fused-ring (bicyclic) bond motifs is 1. The molecular weight excluding hydrogens is 386 g/mol. The molecule has 0 radical (unpaired) electrons. The van der Waals surface area contributed by atoms with Gasteiger partial charge in [-0.15, -0.1) is 0 Å². The first-order valence-electron chi connectivity index (χ1n) is 9.98. The van der Waals surface area contributed by atoms with Crippen molar-refractivity contribution in [3.8, 4) is 0 Å². The Balaban J connectivity index is 1.48. The molecule has 1 aliphatic rings. The van der Waals surface area contributed by atoms with Gasteiger partial charge in [0, 0.05) is 55.0 Å². The fraction of sp³-hybridized carbons (Fsp3) is 0.364. The number of benzene rings is 1. The maximum Gasteiger partial charge on any atom is 0.254 e. The Labute approximate surface area is 175 Å². The van der Waals surface area contributed by atoms with Gasteiger partial charge < -0.3 is 15.6 Å². The van der Waals surface area contributed by atoms with Crippen molar-refractivity contribution in [2.24, 2.45) is 0 Å². The summed E-state index contributed by atoms with van der Waals surface area (Å²) in [6.45, 7) is 4.19. The number of halogens is 1. The van der Waals surface area contributed by atoms with Gasteiger partial charge in [-0.05, 0) is 43.5 Å². The van der Waals surface area contributed by atoms with E-state index in [4.69, 9.17) is 11.6 Å². The Morgan fingerprint density at radius 1 is 1.31 bits per heavy atom. The van der Waals surface area contributed by atoms with Crippen LogP contribution in [0.1, 0.15) is 35.7 Å². The zero-order valence-corrected chi connectivity index (χ0v) is 17.5. The number of H-pyrrole nitrogens is 1. The molecule has 1 aromatic carbocycles. The Morgan fingerprint density at radius 3 is 2.83 bits per heavy atom. The van der Waals surface area contributed by atoms with Crippen molar-refractivity contribution in [2.75, 3.05) is 18.9 Å². The number of aromatic nitrogens is 2. The van der Waals surface area contributed by atoms with Crippen molar-refractivity contribution >= 4 is 34.2 Å². The van der Waals surface area contributed by atoms with Crippen molar-refractivity contribution < 1.29 is 4.79 Å². The number of rotatable bonds is 5. The van der Waals surface area contributed by atoms with Crippen LogP contribution in [-0.2, 0) is 6.54 Å². The third-order valence-electron chi connectivity index (χ3n) is 5.72. The van der Waals surface area contributed by atoms with E-state index in [0.29, 0.717) is 17.6 Å². The third-order valence-corrected chi connectivity index (χ3v) is 5.97. The second-order valence-electron chi connectivity index (χ2n) is 7.68. The fourth-order valence-electron chi connectivity index (χ4n) is 4.09. The highest BCUT2D eigenvalue weighted by molar-refractivity contribution is 6.30. The maximum atomic E-state index is 12.4. The van der Waals surface area contributed by atoms with Crippen LogP contribution in [0, 0.1) is 0 Å². The number of hydrogen-bond donors (Lipinski definition) is 3. The fourth-order valence-corrected chi connectivity index (χ4v) is 4.21. The largest absolute Gasteiger partial charge is 0.381 e. The van der Waals surface area contributed by atoms with Crippen molar-refractivity contribution in [3.63, 3.8) is 0 Å². The van der Waals surface area contributed by atoms with E-state index >= 15 is 0 Å². The molecule has 152 valence electrons. The number of aromatic amines is 1. The minimum absolute atomic E-state index is 0.128. The molecule has 1 fully saturated rings. The minimum atomic E-state index is -0.128. The molecule has 3 heterocycles. The smallest absolute Gasteiger partial charge is 0.254 e. The first-order chi connectivity index (χ1) is 14.0. The molecule has 0 unspecified atom stereocenters. The second kappa shape index (κ2) is 8.43. The molecule has 2 atom stereocenters. The Morgan fingerprint density at radius 2 is 2.10 bits per heavy atom. The highest BCUT2D eigenvalue weighted by Crippen LogP contribution is 2.29. The average Bonchev–Trinajstić information content (AvgIpc) is 3.20. The number of carbonyl (C=O) groups is 1. The number of piperidine rings is 1. The molecule has 0 saturated carbocycles. The Hall–Kier alpha value is -2.57. The minimum Gasteiger partial charge on any atom is -0.381 e. The summed E-state index contributed by atoms with van der Waals surface area (Å²) in [6, 6.07) is 10.8. The Bertz CT molecular complexity index is 1000. The lowest BCUT2D eigenvalue weighted by Gasteiger charge is -2.38. The van der Waals surface area contributed by atoms with Crippen LogP contribution in [0.2, 0.25) is 5.02 Å². The summed E-state index contributed by atoms with van der Waals surface area (Å²) in [5.41, 5.74) is 3.50. The van der Waals surface area contributed by atoms with E-state index in [1.807, 2.05) is 24.4 Å². The van der Waals surface area contributed by atoms with E-state index in [1.54, 1.807) is 13.2 Å². The van der Waals surface area contributed by atoms with Crippen LogP contribution < -0.4 is 10.6 Å². The molecule has 7 heteroatoms. The van der Waals surface area contributed by atoms with Gasteiger partial charge in [0.15, 0.2) is 0 Å². The molecule has 1 aliphatic heterocycles. The van der Waals surface area contributed by atoms with E-state index < -0.39 is 0 Å². The second-order valence-corrected chi connectivity index (χ2v) is 8.11. The lowest BCUT2D eigenvalue weighted by atomic mass is 9.96. The van der Waals surface area contributed by atoms with Gasteiger partial charge in [0.25, 0.3) is 5.91 Å². The van der Waals surface area contributed by atoms with E-state index in [2.05, 4.69) is 44.6 Å². The zero-order valence-electron chi connectivity index (χ0n) is 16.7. The van der Waals surface area contributed by atoms with Crippen molar-refractivity contribution in [1.29, 1.82) is 0 Å². The van der Waals surface area contributed by atoms with Crippen LogP contribution in [0.5, 0.6) is 0 Å². The molecule has 0 aliphatic carbocycles. The number of hydrogen-bond acceptors (Lipinski definition) is 4. The summed E-state index contributed by atoms with van der Waals surface area (Å²) in [6.07, 6.45) is 5.52. The topological polar surface area (TPSA) is 73.0 Å². The van der Waals surface area contributed by atoms with E-state index in [0.717, 1.165) is 47.7 Å². The number of nitrogens with one attached hydrogen (secondary N) is 3. The van der Waals surface area contributed by atoms with E-state index in [1.165, 1.54) is 5.56 Å². The van der Waals surface area contributed by atoms with Crippen LogP contribution in [0.25, 0.3) is 11.0 Å². The predicted octanol–water partition coefficient (Wildman–Crippen LogP) is 4.04. The molecule has 0 bridgehead atoms. The summed E-state index contributed by atoms with van der Waals surface area (Å²) in [5, 5.41) is 8.08. The third kappa shape index (κ3) is 4.23. The molecule has 3 N–H and O–H groups in total. The van der Waals surface area contributed by atoms with Crippen molar-refractivity contribution in [1.82, 2.24) is 20.2 Å². The summed E-state index contributed by atoms with van der Waals surface area (Å²) >= 11 is 6.00. The maximum absolute atomic E-state index is 12.4. The number of nitrogens with zero attached hydrogens (tertiary/aromatic N) is 2. The van der Waals surface area contributed by atoms with Gasteiger partial charge in [0.1, 0.15) is 5.65 Å². The summed E-state index contributed by atoms with van der Waals surface area (Å²) < 4.78 is 0. The molecule has 0 spiro atoms. The van der Waals surface area contributed by atoms with E-state index in [-0.39, 0.29) is 5.91 Å². The monoisotopic (exact) mass is 411 g/mol. The van der Waals surface area contributed by atoms with Crippen LogP contribution >= 0.6 is 11.6 Å². The molecule has 4 rings (SSSR count). The molecule has 2 aromatic heterocycles. The lowest BCUT2D eigenvalue weighted by molar-refractivity contribution is 0.0963. The highest BCUT2D eigenvalue weighted by Gasteiger charge is 2.27. The molecular formula is C22H26ClN5O. The van der Waals surface area contributed by atoms with Crippen LogP contribution in [0.4, 0.5) is 5.69 Å². The summed E-state index contributed by atoms with van der Waals surface area (Å²) in [4.78, 5) is 22.4. The number of amides is 1. The standard InChI is InChI=1S/C22H26ClN5O/c1-14-11-17(8-10-28(14)13-15-3-5-16(23)6-4-15)27-20-18-7-9-25-21(18)26-12-19(20)22(29)24-2/h3-7,9,12,14,17H,8,10-11,13H2,1-2H3,(H,24,29)(H2,25,26,27)/t14-,17-/m0/s1. The van der Waals surface area contributed by atoms with Crippen molar-refractivity contribution in [2.45, 2.75) is 38.4 Å². The number of carbonyl (C=O) groups excluding carboxylic acids is 1. The first-order valence-corrected chi connectivity index (χ1v) is 10.4. The number of pyridine rings is 1. The van der Waals surface area contributed by atoms with Crippen LogP contribution in [0.3, 0.4) is 0 Å². The predicted molar refractivity (Wildman–Crippen MR) is 117 cm³/mol. The summed E-state index contributed by atoms with van der Waals surface area (Å²) in [7, 11) is 1.64. The van der Waals surface area contributed by atoms with Gasteiger partial charge in [-0.25, -0.2) is 4.98 Å². The van der Waals surface area contributed by atoms with Crippen LogP contribution in [0.15, 0.2) is 42.7 Å². The molecule has 1 amide bonds. The molecule has 29 heavy (non-hydrogen) atoms. The quantitative estimate of drug-likeness (QED) is 0.592. The van der Waals surface area contributed by atoms with Gasteiger partial charge in [0.2, 0.25) is 0 Å². The average molecular weight is 412 g/mol. The normalized spacial score (nSPS) is 20.0. The van der Waals surface area contributed by atoms with Gasteiger partial charge in [-0.1, -0.05) is 23.7 Å². The van der Waals surface area contributed by atoms with Gasteiger partial charge >= 0.3 is 0 Å². The zero-order chi connectivity index (χ0) is 20.4. The van der Waals surface area contributed by atoms with E-state index in [9.17, 15) is 4.79 Å². The first kappa shape index (κ1) is 19.7. The van der Waals surface area contributed by atoms with Gasteiger partial charge in [0.05, 0.1) is 11.3 Å². The number of anilines is 1. The highest BCUT2D eigenvalue weighted by atomic mass is 35.5. The van der Waals surface area contributed by atoms with Gasteiger partial charge in [-0.2, -0.15) is 0 Å². The Kier molecular flexibility index (Phi) is 5.74.